The van der Waals surface area contributed by atoms with Crippen LogP contribution in [0.1, 0.15) is 290 Å². The van der Waals surface area contributed by atoms with Gasteiger partial charge in [-0.1, -0.05) is 271 Å². The topological polar surface area (TPSA) is 228 Å². The monoisotopic (exact) mass is 1070 g/mol. The van der Waals surface area contributed by atoms with Crippen LogP contribution in [0.3, 0.4) is 0 Å². The summed E-state index contributed by atoms with van der Waals surface area (Å²) in [5.74, 6) is -0.200. The van der Waals surface area contributed by atoms with Crippen LogP contribution in [0.4, 0.5) is 0 Å². The van der Waals surface area contributed by atoms with Gasteiger partial charge in [-0.05, 0) is 12.8 Å². The summed E-state index contributed by atoms with van der Waals surface area (Å²) < 4.78 is 22.9. The Kier molecular flexibility index (Phi) is 44.6. The molecule has 0 saturated carbocycles. The normalized spacial score (nSPS) is 24.9. The fourth-order valence-corrected chi connectivity index (χ4v) is 10.9. The maximum Gasteiger partial charge on any atom is 0.220 e. The Morgan fingerprint density at radius 1 is 0.427 bits per heavy atom. The number of hydrogen-bond acceptors (Lipinski definition) is 13. The van der Waals surface area contributed by atoms with Crippen LogP contribution in [0.5, 0.6) is 0 Å². The summed E-state index contributed by atoms with van der Waals surface area (Å²) in [7, 11) is 0. The van der Waals surface area contributed by atoms with Crippen molar-refractivity contribution >= 4 is 5.91 Å². The second-order valence-corrected chi connectivity index (χ2v) is 22.9. The van der Waals surface area contributed by atoms with E-state index in [9.17, 15) is 45.6 Å². The zero-order valence-corrected chi connectivity index (χ0v) is 48.1. The molecule has 446 valence electrons. The summed E-state index contributed by atoms with van der Waals surface area (Å²) in [5, 5.41) is 87.3. The quantitative estimate of drug-likeness (QED) is 0.0259. The van der Waals surface area contributed by atoms with Crippen molar-refractivity contribution in [1.82, 2.24) is 5.32 Å². The molecule has 14 heteroatoms. The lowest BCUT2D eigenvalue weighted by atomic mass is 9.97. The van der Waals surface area contributed by atoms with Crippen molar-refractivity contribution in [2.45, 2.75) is 364 Å². The van der Waals surface area contributed by atoms with Gasteiger partial charge >= 0.3 is 0 Å². The molecule has 2 aliphatic heterocycles. The molecule has 9 N–H and O–H groups in total. The lowest BCUT2D eigenvalue weighted by Crippen LogP contribution is -2.65. The van der Waals surface area contributed by atoms with E-state index in [1.165, 1.54) is 212 Å². The number of ether oxygens (including phenoxy) is 4. The van der Waals surface area contributed by atoms with Crippen molar-refractivity contribution in [2.75, 3.05) is 19.8 Å². The molecule has 0 aliphatic carbocycles. The number of aliphatic hydroxyl groups is 8. The molecule has 2 aliphatic rings. The van der Waals surface area contributed by atoms with Gasteiger partial charge in [-0.15, -0.1) is 0 Å². The number of rotatable bonds is 52. The van der Waals surface area contributed by atoms with Crippen LogP contribution in [0, 0.1) is 0 Å². The Labute approximate surface area is 457 Å². The minimum absolute atomic E-state index is 0.200. The number of carbonyl (C=O) groups is 1. The molecule has 2 fully saturated rings. The Hall–Kier alpha value is -1.01. The van der Waals surface area contributed by atoms with Crippen LogP contribution in [-0.2, 0) is 23.7 Å². The summed E-state index contributed by atoms with van der Waals surface area (Å²) >= 11 is 0. The van der Waals surface area contributed by atoms with Gasteiger partial charge in [0.2, 0.25) is 5.91 Å². The lowest BCUT2D eigenvalue weighted by molar-refractivity contribution is -0.359. The molecule has 0 aromatic carbocycles. The highest BCUT2D eigenvalue weighted by atomic mass is 16.7. The van der Waals surface area contributed by atoms with Crippen molar-refractivity contribution in [2.24, 2.45) is 0 Å². The minimum atomic E-state index is -1.78. The highest BCUT2D eigenvalue weighted by Gasteiger charge is 2.51. The third kappa shape index (κ3) is 33.4. The minimum Gasteiger partial charge on any atom is -0.394 e. The van der Waals surface area contributed by atoms with E-state index in [0.717, 1.165) is 51.4 Å². The average molecular weight is 1070 g/mol. The summed E-state index contributed by atoms with van der Waals surface area (Å²) in [6, 6.07) is -0.823. The molecule has 0 spiro atoms. The molecule has 0 bridgehead atoms. The van der Waals surface area contributed by atoms with E-state index in [2.05, 4.69) is 19.2 Å². The van der Waals surface area contributed by atoms with Crippen LogP contribution in [0.25, 0.3) is 0 Å². The zero-order chi connectivity index (χ0) is 54.6. The summed E-state index contributed by atoms with van der Waals surface area (Å²) in [4.78, 5) is 13.3. The molecule has 0 aromatic rings. The number of amides is 1. The van der Waals surface area contributed by atoms with E-state index in [1.54, 1.807) is 0 Å². The van der Waals surface area contributed by atoms with Crippen LogP contribution in [0.15, 0.2) is 0 Å². The van der Waals surface area contributed by atoms with Gasteiger partial charge in [0.05, 0.1) is 32.0 Å². The third-order valence-electron chi connectivity index (χ3n) is 16.1. The Balaban J connectivity index is 1.69. The van der Waals surface area contributed by atoms with E-state index in [-0.39, 0.29) is 12.5 Å². The zero-order valence-electron chi connectivity index (χ0n) is 48.1. The van der Waals surface area contributed by atoms with E-state index >= 15 is 0 Å². The van der Waals surface area contributed by atoms with Gasteiger partial charge in [0, 0.05) is 6.42 Å². The second-order valence-electron chi connectivity index (χ2n) is 22.9. The Morgan fingerprint density at radius 2 is 0.760 bits per heavy atom. The van der Waals surface area contributed by atoms with Gasteiger partial charge in [-0.3, -0.25) is 4.79 Å². The average Bonchev–Trinajstić information content (AvgIpc) is 3.41. The molecule has 0 aromatic heterocycles. The van der Waals surface area contributed by atoms with Crippen molar-refractivity contribution in [3.63, 3.8) is 0 Å². The van der Waals surface area contributed by atoms with E-state index in [0.29, 0.717) is 12.8 Å². The standard InChI is InChI=1S/C61H119NO13/c1-3-5-7-9-11-13-15-17-19-20-21-22-23-24-25-26-27-28-29-31-32-34-36-38-40-42-44-50(65)49(62-53(66)45-43-41-39-37-35-33-30-18-16-14-12-10-8-6-4-2)48-72-60-58(71)56(69)59(52(47-64)74-60)75-61-57(70)55(68)54(67)51(46-63)73-61/h49-52,54-61,63-65,67-71H,3-48H2,1-2H3,(H,62,66). The van der Waals surface area contributed by atoms with E-state index < -0.39 is 86.8 Å². The molecular weight excluding hydrogens is 955 g/mol. The first kappa shape index (κ1) is 70.1. The number of nitrogens with one attached hydrogen (secondary N) is 1. The summed E-state index contributed by atoms with van der Waals surface area (Å²) in [6.45, 7) is 2.90. The van der Waals surface area contributed by atoms with Crippen molar-refractivity contribution in [3.05, 3.63) is 0 Å². The van der Waals surface area contributed by atoms with Gasteiger partial charge in [-0.25, -0.2) is 0 Å². The van der Waals surface area contributed by atoms with E-state index in [1.807, 2.05) is 0 Å². The Bertz CT molecular complexity index is 1270. The summed E-state index contributed by atoms with van der Waals surface area (Å²) in [5.41, 5.74) is 0. The molecule has 2 saturated heterocycles. The molecule has 12 atom stereocenters. The van der Waals surface area contributed by atoms with Crippen LogP contribution < -0.4 is 5.32 Å². The van der Waals surface area contributed by atoms with Crippen molar-refractivity contribution in [3.8, 4) is 0 Å². The summed E-state index contributed by atoms with van der Waals surface area (Å²) in [6.07, 6.45) is 36.8. The number of unbranched alkanes of at least 4 members (excludes halogenated alkanes) is 39. The fraction of sp³-hybridized carbons (Fsp3) is 0.984. The smallest absolute Gasteiger partial charge is 0.220 e. The third-order valence-corrected chi connectivity index (χ3v) is 16.1. The Morgan fingerprint density at radius 3 is 1.13 bits per heavy atom. The lowest BCUT2D eigenvalue weighted by Gasteiger charge is -2.46. The van der Waals surface area contributed by atoms with Gasteiger partial charge in [0.25, 0.3) is 0 Å². The first-order valence-electron chi connectivity index (χ1n) is 31.8. The van der Waals surface area contributed by atoms with Crippen LogP contribution >= 0.6 is 0 Å². The fourth-order valence-electron chi connectivity index (χ4n) is 10.9. The SMILES string of the molecule is CCCCCCCCCCCCCCCCCCCCCCCCCCCCC(O)C(COC1OC(CO)C(OC2OC(CO)C(O)C(O)C2O)C(O)C1O)NC(=O)CCCCCCCCCCCCCCCCC. The highest BCUT2D eigenvalue weighted by molar-refractivity contribution is 5.76. The number of aliphatic hydroxyl groups excluding tert-OH is 8. The maximum atomic E-state index is 13.3. The molecule has 1 amide bonds. The van der Waals surface area contributed by atoms with Crippen LogP contribution in [0.2, 0.25) is 0 Å². The van der Waals surface area contributed by atoms with E-state index in [4.69, 9.17) is 18.9 Å². The number of carbonyl (C=O) groups excluding carboxylic acids is 1. The molecule has 2 rings (SSSR count). The molecule has 14 nitrogen and oxygen atoms in total. The molecule has 2 heterocycles. The first-order valence-corrected chi connectivity index (χ1v) is 31.8. The van der Waals surface area contributed by atoms with Gasteiger partial charge in [-0.2, -0.15) is 0 Å². The van der Waals surface area contributed by atoms with Gasteiger partial charge in [0.1, 0.15) is 48.8 Å². The van der Waals surface area contributed by atoms with Gasteiger partial charge in [0.15, 0.2) is 12.6 Å². The maximum absolute atomic E-state index is 13.3. The first-order chi connectivity index (χ1) is 36.6. The van der Waals surface area contributed by atoms with Crippen LogP contribution in [-0.4, -0.2) is 140 Å². The molecular formula is C61H119NO13. The number of hydrogen-bond donors (Lipinski definition) is 9. The van der Waals surface area contributed by atoms with Gasteiger partial charge < -0.3 is 65.1 Å². The predicted molar refractivity (Wildman–Crippen MR) is 300 cm³/mol. The molecule has 75 heavy (non-hydrogen) atoms. The predicted octanol–water partition coefficient (Wildman–Crippen LogP) is 11.3. The largest absolute Gasteiger partial charge is 0.394 e. The molecule has 12 unspecified atom stereocenters. The molecule has 0 radical (unpaired) electrons. The van der Waals surface area contributed by atoms with Crippen molar-refractivity contribution < 1.29 is 64.6 Å². The van der Waals surface area contributed by atoms with Crippen molar-refractivity contribution in [1.29, 1.82) is 0 Å². The second kappa shape index (κ2) is 47.8. The highest BCUT2D eigenvalue weighted by Crippen LogP contribution is 2.30.